The summed E-state index contributed by atoms with van der Waals surface area (Å²) in [6.45, 7) is 5.99. The third-order valence-corrected chi connectivity index (χ3v) is 8.88. The number of aromatic amines is 1. The normalized spacial score (nSPS) is 17.8. The summed E-state index contributed by atoms with van der Waals surface area (Å²) in [5, 5.41) is 10.6. The van der Waals surface area contributed by atoms with Crippen LogP contribution in [-0.2, 0) is 37.0 Å². The van der Waals surface area contributed by atoms with E-state index in [1.165, 1.54) is 29.7 Å². The monoisotopic (exact) mass is 702 g/mol. The number of hydrogen-bond acceptors (Lipinski definition) is 10. The molecule has 2 aromatic carbocycles. The van der Waals surface area contributed by atoms with E-state index in [0.29, 0.717) is 34.9 Å². The van der Waals surface area contributed by atoms with Gasteiger partial charge in [-0.2, -0.15) is 0 Å². The van der Waals surface area contributed by atoms with Crippen molar-refractivity contribution in [2.75, 3.05) is 25.1 Å². The van der Waals surface area contributed by atoms with Gasteiger partial charge in [0.25, 0.3) is 0 Å². The van der Waals surface area contributed by atoms with Crippen molar-refractivity contribution >= 4 is 29.8 Å². The molecule has 51 heavy (non-hydrogen) atoms. The first-order valence-corrected chi connectivity index (χ1v) is 16.6. The zero-order valence-corrected chi connectivity index (χ0v) is 28.7. The summed E-state index contributed by atoms with van der Waals surface area (Å²) in [5.41, 5.74) is 3.40. The van der Waals surface area contributed by atoms with Crippen LogP contribution in [0.2, 0.25) is 0 Å². The summed E-state index contributed by atoms with van der Waals surface area (Å²) in [7, 11) is 1.26. The molecular weight excluding hydrogens is 663 g/mol. The topological polar surface area (TPSA) is 174 Å². The summed E-state index contributed by atoms with van der Waals surface area (Å²) >= 11 is 0. The molecule has 2 aromatic heterocycles. The van der Waals surface area contributed by atoms with Crippen molar-refractivity contribution in [1.29, 1.82) is 0 Å². The van der Waals surface area contributed by atoms with Crippen molar-refractivity contribution in [1.82, 2.24) is 35.2 Å². The molecule has 4 aromatic rings. The summed E-state index contributed by atoms with van der Waals surface area (Å²) in [5.74, 6) is -0.606. The third-order valence-electron chi connectivity index (χ3n) is 8.88. The number of rotatable bonds is 11. The Labute approximate surface area is 293 Å². The van der Waals surface area contributed by atoms with Crippen LogP contribution in [0.25, 0.3) is 22.4 Å². The number of cyclic esters (lactones) is 1. The van der Waals surface area contributed by atoms with Gasteiger partial charge in [0.05, 0.1) is 50.0 Å². The highest BCUT2D eigenvalue weighted by molar-refractivity contribution is 5.90. The van der Waals surface area contributed by atoms with Gasteiger partial charge in [-0.15, -0.1) is 5.10 Å². The summed E-state index contributed by atoms with van der Waals surface area (Å²) in [6, 6.07) is 10.9. The van der Waals surface area contributed by atoms with Gasteiger partial charge in [0.1, 0.15) is 36.1 Å². The highest BCUT2D eigenvalue weighted by Gasteiger charge is 2.38. The molecular formula is C35H39FN8O7. The third kappa shape index (κ3) is 7.84. The number of carbonyl (C=O) groups excluding carboxylic acids is 4. The number of hydrogen-bond donors (Lipinski definition) is 2. The first kappa shape index (κ1) is 35.0. The maximum Gasteiger partial charge on any atom is 0.414 e. The minimum Gasteiger partial charge on any atom is -0.459 e. The van der Waals surface area contributed by atoms with Gasteiger partial charge < -0.3 is 29.4 Å². The van der Waals surface area contributed by atoms with Crippen LogP contribution in [0.15, 0.2) is 54.9 Å². The number of methoxy groups -OCH3 is 1. The minimum absolute atomic E-state index is 0.00802. The number of nitrogens with one attached hydrogen (secondary N) is 2. The van der Waals surface area contributed by atoms with E-state index in [9.17, 15) is 19.2 Å². The predicted molar refractivity (Wildman–Crippen MR) is 180 cm³/mol. The maximum absolute atomic E-state index is 15.5. The lowest BCUT2D eigenvalue weighted by Gasteiger charge is -2.30. The van der Waals surface area contributed by atoms with Gasteiger partial charge in [-0.05, 0) is 48.1 Å². The fraction of sp³-hybridized carbons (Fsp3) is 0.400. The van der Waals surface area contributed by atoms with E-state index in [2.05, 4.69) is 25.6 Å². The molecule has 0 aliphatic carbocycles. The molecule has 6 rings (SSSR count). The number of esters is 1. The molecule has 0 unspecified atom stereocenters. The summed E-state index contributed by atoms with van der Waals surface area (Å²) in [4.78, 5) is 60.1. The van der Waals surface area contributed by atoms with E-state index in [0.717, 1.165) is 24.1 Å². The first-order valence-electron chi connectivity index (χ1n) is 16.6. The molecule has 16 heteroatoms. The van der Waals surface area contributed by atoms with Crippen LogP contribution >= 0.6 is 0 Å². The molecule has 2 saturated heterocycles. The molecule has 3 amide bonds. The largest absolute Gasteiger partial charge is 0.459 e. The van der Waals surface area contributed by atoms with Crippen LogP contribution in [0.1, 0.15) is 51.2 Å². The molecule has 0 radical (unpaired) electrons. The van der Waals surface area contributed by atoms with Gasteiger partial charge in [-0.3, -0.25) is 14.5 Å². The zero-order chi connectivity index (χ0) is 36.2. The number of nitrogens with zero attached hydrogens (tertiary/aromatic N) is 6. The van der Waals surface area contributed by atoms with Gasteiger partial charge in [0.2, 0.25) is 5.91 Å². The van der Waals surface area contributed by atoms with Crippen molar-refractivity contribution in [3.05, 3.63) is 72.2 Å². The molecule has 2 aliphatic heterocycles. The molecule has 268 valence electrons. The van der Waals surface area contributed by atoms with E-state index in [1.54, 1.807) is 41.6 Å². The quantitative estimate of drug-likeness (QED) is 0.166. The molecule has 2 aliphatic rings. The fourth-order valence-corrected chi connectivity index (χ4v) is 6.29. The molecule has 4 heterocycles. The SMILES string of the molecule is COC(=O)N[C@H](C(=O)N1CCC[C@H]1c1ncc(-c2ccc(-c3ccc(N4C[C@H](Cn5cc(COC(C)=O)nn5)OC4=O)cc3F)cc2)[nH]1)C(C)C. The molecule has 0 bridgehead atoms. The number of amides is 3. The number of carbonyl (C=O) groups is 4. The molecule has 0 spiro atoms. The maximum atomic E-state index is 15.5. The second kappa shape index (κ2) is 15.0. The van der Waals surface area contributed by atoms with Gasteiger partial charge in [-0.25, -0.2) is 23.6 Å². The van der Waals surface area contributed by atoms with Gasteiger partial charge in [0.15, 0.2) is 0 Å². The van der Waals surface area contributed by atoms with Crippen molar-refractivity contribution in [2.24, 2.45) is 5.92 Å². The lowest BCUT2D eigenvalue weighted by atomic mass is 10.0. The van der Waals surface area contributed by atoms with Crippen molar-refractivity contribution < 1.29 is 37.8 Å². The van der Waals surface area contributed by atoms with Crippen LogP contribution in [0.5, 0.6) is 0 Å². The Morgan fingerprint density at radius 3 is 2.61 bits per heavy atom. The second-order valence-corrected chi connectivity index (χ2v) is 12.8. The Kier molecular flexibility index (Phi) is 10.3. The predicted octanol–water partition coefficient (Wildman–Crippen LogP) is 4.61. The van der Waals surface area contributed by atoms with E-state index in [4.69, 9.17) is 14.2 Å². The molecule has 2 fully saturated rings. The fourth-order valence-electron chi connectivity index (χ4n) is 6.29. The first-order chi connectivity index (χ1) is 24.5. The molecule has 0 saturated carbocycles. The number of likely N-dealkylation sites (tertiary alicyclic amines) is 1. The minimum atomic E-state index is -0.725. The molecule has 3 atom stereocenters. The van der Waals surface area contributed by atoms with E-state index < -0.39 is 36.1 Å². The number of alkyl carbamates (subject to hydrolysis) is 1. The number of anilines is 1. The van der Waals surface area contributed by atoms with Crippen molar-refractivity contribution in [2.45, 2.75) is 65.0 Å². The average molecular weight is 703 g/mol. The van der Waals surface area contributed by atoms with Crippen molar-refractivity contribution in [3.63, 3.8) is 0 Å². The Bertz CT molecular complexity index is 1910. The summed E-state index contributed by atoms with van der Waals surface area (Å²) < 4.78 is 32.1. The summed E-state index contributed by atoms with van der Waals surface area (Å²) in [6.07, 6.45) is 3.05. The number of ether oxygens (including phenoxy) is 3. The Morgan fingerprint density at radius 1 is 1.14 bits per heavy atom. The van der Waals surface area contributed by atoms with Crippen LogP contribution in [0.3, 0.4) is 0 Å². The Hall–Kier alpha value is -5.80. The van der Waals surface area contributed by atoms with E-state index in [1.807, 2.05) is 26.0 Å². The molecule has 2 N–H and O–H groups in total. The van der Waals surface area contributed by atoms with Crippen LogP contribution in [0, 0.1) is 11.7 Å². The lowest BCUT2D eigenvalue weighted by Crippen LogP contribution is -2.51. The van der Waals surface area contributed by atoms with Crippen LogP contribution in [-0.4, -0.2) is 86.3 Å². The van der Waals surface area contributed by atoms with Crippen molar-refractivity contribution in [3.8, 4) is 22.4 Å². The average Bonchev–Trinajstić information content (AvgIpc) is 3.93. The number of imidazole rings is 1. The lowest BCUT2D eigenvalue weighted by molar-refractivity contribution is -0.142. The van der Waals surface area contributed by atoms with Crippen LogP contribution < -0.4 is 10.2 Å². The van der Waals surface area contributed by atoms with E-state index >= 15 is 4.39 Å². The van der Waals surface area contributed by atoms with Gasteiger partial charge in [-0.1, -0.05) is 43.3 Å². The van der Waals surface area contributed by atoms with Crippen LogP contribution in [0.4, 0.5) is 19.7 Å². The van der Waals surface area contributed by atoms with E-state index in [-0.39, 0.29) is 37.6 Å². The Morgan fingerprint density at radius 2 is 1.90 bits per heavy atom. The standard InChI is InChI=1S/C35H39FN8O7/c1-20(2)31(39-34(47)49-4)33(46)43-13-5-6-30(43)32-37-15-29(38-32)23-9-7-22(8-10-23)27-12-11-25(14-28(27)36)44-18-26(51-35(44)48)17-42-16-24(40-41-42)19-50-21(3)45/h7-12,14-16,20,26,30-31H,5-6,13,17-19H2,1-4H3,(H,37,38)(H,39,47)/t26-,30-,31-/m0/s1. The Balaban J connectivity index is 1.09. The second-order valence-electron chi connectivity index (χ2n) is 12.8. The number of aromatic nitrogens is 5. The zero-order valence-electron chi connectivity index (χ0n) is 28.7. The number of halogens is 1. The van der Waals surface area contributed by atoms with Gasteiger partial charge >= 0.3 is 18.2 Å². The number of H-pyrrole nitrogens is 1. The smallest absolute Gasteiger partial charge is 0.414 e. The molecule has 15 nitrogen and oxygen atoms in total. The highest BCUT2D eigenvalue weighted by Crippen LogP contribution is 2.34. The van der Waals surface area contributed by atoms with Gasteiger partial charge in [0, 0.05) is 19.0 Å². The highest BCUT2D eigenvalue weighted by atomic mass is 19.1. The number of benzene rings is 2.